The Morgan fingerprint density at radius 1 is 1.33 bits per heavy atom. The summed E-state index contributed by atoms with van der Waals surface area (Å²) in [5, 5.41) is 11.2. The molecule has 0 spiro atoms. The summed E-state index contributed by atoms with van der Waals surface area (Å²) in [6.45, 7) is 3.01. The summed E-state index contributed by atoms with van der Waals surface area (Å²) in [4.78, 5) is 22.8. The molecule has 0 aliphatic heterocycles. The van der Waals surface area contributed by atoms with Crippen molar-refractivity contribution in [2.24, 2.45) is 0 Å². The first kappa shape index (κ1) is 14.2. The van der Waals surface area contributed by atoms with Gasteiger partial charge in [0.25, 0.3) is 5.91 Å². The fourth-order valence-electron chi connectivity index (χ4n) is 1.49. The lowest BCUT2D eigenvalue weighted by Gasteiger charge is -2.28. The number of hydrogen-bond acceptors (Lipinski definition) is 3. The third kappa shape index (κ3) is 2.87. The number of rotatable bonds is 5. The molecule has 2 N–H and O–H groups in total. The molecule has 5 nitrogen and oxygen atoms in total. The molecule has 98 valence electrons. The average molecular weight is 251 g/mol. The summed E-state index contributed by atoms with van der Waals surface area (Å²) in [5.41, 5.74) is -0.534. The minimum atomic E-state index is -1.20. The van der Waals surface area contributed by atoms with Gasteiger partial charge in [0.15, 0.2) is 5.60 Å². The van der Waals surface area contributed by atoms with Crippen molar-refractivity contribution in [2.75, 3.05) is 7.11 Å². The minimum Gasteiger partial charge on any atom is -0.480 e. The molecular weight excluding hydrogens is 234 g/mol. The van der Waals surface area contributed by atoms with Gasteiger partial charge in [0, 0.05) is 7.11 Å². The van der Waals surface area contributed by atoms with Crippen LogP contribution in [0.5, 0.6) is 0 Å². The van der Waals surface area contributed by atoms with Crippen LogP contribution in [0, 0.1) is 0 Å². The Labute approximate surface area is 106 Å². The summed E-state index contributed by atoms with van der Waals surface area (Å²) < 4.78 is 5.26. The molecule has 1 amide bonds. The number of carbonyl (C=O) groups excluding carboxylic acids is 1. The van der Waals surface area contributed by atoms with Crippen molar-refractivity contribution in [3.63, 3.8) is 0 Å². The first-order chi connectivity index (χ1) is 8.41. The van der Waals surface area contributed by atoms with Crippen LogP contribution >= 0.6 is 0 Å². The highest BCUT2D eigenvalue weighted by molar-refractivity contribution is 5.89. The second-order valence-electron chi connectivity index (χ2n) is 4.14. The molecule has 2 atom stereocenters. The van der Waals surface area contributed by atoms with E-state index in [-0.39, 0.29) is 0 Å². The van der Waals surface area contributed by atoms with Crippen LogP contribution in [0.1, 0.15) is 19.4 Å². The number of aliphatic carboxylic acids is 1. The Hall–Kier alpha value is -1.88. The van der Waals surface area contributed by atoms with Crippen LogP contribution in [0.15, 0.2) is 30.3 Å². The number of ether oxygens (including phenoxy) is 1. The zero-order valence-corrected chi connectivity index (χ0v) is 10.6. The van der Waals surface area contributed by atoms with Crippen molar-refractivity contribution < 1.29 is 19.4 Å². The number of amides is 1. The third-order valence-electron chi connectivity index (χ3n) is 2.88. The number of carbonyl (C=O) groups is 2. The van der Waals surface area contributed by atoms with Crippen LogP contribution in [-0.4, -0.2) is 30.1 Å². The predicted molar refractivity (Wildman–Crippen MR) is 66.0 cm³/mol. The highest BCUT2D eigenvalue weighted by atomic mass is 16.5. The van der Waals surface area contributed by atoms with Gasteiger partial charge >= 0.3 is 5.97 Å². The molecule has 5 heteroatoms. The molecule has 1 unspecified atom stereocenters. The molecule has 1 rings (SSSR count). The molecule has 0 aromatic heterocycles. The van der Waals surface area contributed by atoms with Gasteiger partial charge in [-0.25, -0.2) is 0 Å². The third-order valence-corrected chi connectivity index (χ3v) is 2.88. The number of methoxy groups -OCH3 is 1. The Balaban J connectivity index is 2.95. The smallest absolute Gasteiger partial charge is 0.325 e. The normalized spacial score (nSPS) is 15.5. The summed E-state index contributed by atoms with van der Waals surface area (Å²) >= 11 is 0. The first-order valence-electron chi connectivity index (χ1n) is 5.56. The number of carboxylic acid groups (broad SMARTS) is 1. The molecule has 0 saturated heterocycles. The molecular formula is C13H17NO4. The second-order valence-corrected chi connectivity index (χ2v) is 4.14. The van der Waals surface area contributed by atoms with Crippen molar-refractivity contribution in [2.45, 2.75) is 25.5 Å². The number of benzene rings is 1. The maximum atomic E-state index is 12.1. The van der Waals surface area contributed by atoms with Crippen molar-refractivity contribution in [3.05, 3.63) is 35.9 Å². The van der Waals surface area contributed by atoms with Gasteiger partial charge in [-0.3, -0.25) is 9.59 Å². The van der Waals surface area contributed by atoms with Crippen LogP contribution in [0.2, 0.25) is 0 Å². The van der Waals surface area contributed by atoms with Gasteiger partial charge in [-0.05, 0) is 19.4 Å². The molecule has 0 fully saturated rings. The van der Waals surface area contributed by atoms with Crippen LogP contribution in [0.3, 0.4) is 0 Å². The molecule has 0 aliphatic carbocycles. The standard InChI is InChI=1S/C13H17NO4/c1-9(11(15)16)14-12(17)13(2,18-3)10-7-5-4-6-8-10/h4-9H,1-3H3,(H,14,17)(H,15,16)/t9-,13?/m1/s1. The van der Waals surface area contributed by atoms with E-state index >= 15 is 0 Å². The van der Waals surface area contributed by atoms with Gasteiger partial charge in [-0.1, -0.05) is 30.3 Å². The number of carboxylic acids is 1. The first-order valence-corrected chi connectivity index (χ1v) is 5.56. The van der Waals surface area contributed by atoms with Gasteiger partial charge < -0.3 is 15.2 Å². The lowest BCUT2D eigenvalue weighted by molar-refractivity contribution is -0.148. The topological polar surface area (TPSA) is 75.6 Å². The fourth-order valence-corrected chi connectivity index (χ4v) is 1.49. The summed E-state index contributed by atoms with van der Waals surface area (Å²) in [5.74, 6) is -1.57. The van der Waals surface area contributed by atoms with E-state index in [1.54, 1.807) is 31.2 Å². The van der Waals surface area contributed by atoms with Crippen molar-refractivity contribution in [3.8, 4) is 0 Å². The van der Waals surface area contributed by atoms with Gasteiger partial charge in [0.1, 0.15) is 6.04 Å². The number of nitrogens with one attached hydrogen (secondary N) is 1. The maximum Gasteiger partial charge on any atom is 0.325 e. The zero-order valence-electron chi connectivity index (χ0n) is 10.6. The van der Waals surface area contributed by atoms with Gasteiger partial charge in [0.2, 0.25) is 0 Å². The Morgan fingerprint density at radius 2 is 1.89 bits per heavy atom. The quantitative estimate of drug-likeness (QED) is 0.822. The van der Waals surface area contributed by atoms with E-state index < -0.39 is 23.5 Å². The molecule has 1 aromatic carbocycles. The van der Waals surface area contributed by atoms with Gasteiger partial charge in [0.05, 0.1) is 0 Å². The molecule has 0 saturated carbocycles. The molecule has 0 aliphatic rings. The number of hydrogen-bond donors (Lipinski definition) is 2. The highest BCUT2D eigenvalue weighted by Gasteiger charge is 2.36. The van der Waals surface area contributed by atoms with Crippen molar-refractivity contribution >= 4 is 11.9 Å². The lowest BCUT2D eigenvalue weighted by Crippen LogP contribution is -2.49. The summed E-state index contributed by atoms with van der Waals surface area (Å²) in [6, 6.07) is 7.97. The Bertz CT molecular complexity index is 432. The van der Waals surface area contributed by atoms with Crippen molar-refractivity contribution in [1.29, 1.82) is 0 Å². The maximum absolute atomic E-state index is 12.1. The Morgan fingerprint density at radius 3 is 2.33 bits per heavy atom. The minimum absolute atomic E-state index is 0.480. The largest absolute Gasteiger partial charge is 0.480 e. The van der Waals surface area contributed by atoms with E-state index in [0.29, 0.717) is 5.56 Å². The van der Waals surface area contributed by atoms with Crippen LogP contribution in [0.4, 0.5) is 0 Å². The summed E-state index contributed by atoms with van der Waals surface area (Å²) in [6.07, 6.45) is 0. The molecule has 0 bridgehead atoms. The highest BCUT2D eigenvalue weighted by Crippen LogP contribution is 2.24. The van der Waals surface area contributed by atoms with E-state index in [0.717, 1.165) is 0 Å². The van der Waals surface area contributed by atoms with Crippen LogP contribution in [0.25, 0.3) is 0 Å². The SMILES string of the molecule is COC(C)(C(=O)N[C@H](C)C(=O)O)c1ccccc1. The second kappa shape index (κ2) is 5.64. The molecule has 0 radical (unpaired) electrons. The molecule has 1 aromatic rings. The zero-order chi connectivity index (χ0) is 13.8. The van der Waals surface area contributed by atoms with E-state index in [2.05, 4.69) is 5.32 Å². The van der Waals surface area contributed by atoms with E-state index in [4.69, 9.17) is 9.84 Å². The Kier molecular flexibility index (Phi) is 4.44. The van der Waals surface area contributed by atoms with Gasteiger partial charge in [-0.15, -0.1) is 0 Å². The fraction of sp³-hybridized carbons (Fsp3) is 0.385. The summed E-state index contributed by atoms with van der Waals surface area (Å²) in [7, 11) is 1.41. The van der Waals surface area contributed by atoms with Crippen molar-refractivity contribution in [1.82, 2.24) is 5.32 Å². The molecule has 0 heterocycles. The monoisotopic (exact) mass is 251 g/mol. The van der Waals surface area contributed by atoms with Crippen LogP contribution < -0.4 is 5.32 Å². The van der Waals surface area contributed by atoms with E-state index in [9.17, 15) is 9.59 Å². The van der Waals surface area contributed by atoms with Gasteiger partial charge in [-0.2, -0.15) is 0 Å². The molecule has 18 heavy (non-hydrogen) atoms. The lowest BCUT2D eigenvalue weighted by atomic mass is 9.94. The predicted octanol–water partition coefficient (Wildman–Crippen LogP) is 1.14. The van der Waals surface area contributed by atoms with Crippen LogP contribution in [-0.2, 0) is 19.9 Å². The average Bonchev–Trinajstić information content (AvgIpc) is 2.38. The van der Waals surface area contributed by atoms with E-state index in [1.165, 1.54) is 14.0 Å². The van der Waals surface area contributed by atoms with E-state index in [1.807, 2.05) is 6.07 Å².